The summed E-state index contributed by atoms with van der Waals surface area (Å²) < 4.78 is 5.64. The second-order valence-electron chi connectivity index (χ2n) is 5.68. The van der Waals surface area contributed by atoms with Crippen LogP contribution in [0.5, 0.6) is 5.75 Å². The number of rotatable bonds is 6. The fourth-order valence-electron chi connectivity index (χ4n) is 2.16. The van der Waals surface area contributed by atoms with Gasteiger partial charge in [0.15, 0.2) is 5.11 Å². The maximum atomic E-state index is 12.4. The lowest BCUT2D eigenvalue weighted by molar-refractivity contribution is 0.0933. The molecule has 0 spiro atoms. The van der Waals surface area contributed by atoms with E-state index in [9.17, 15) is 9.59 Å². The number of benzene rings is 2. The van der Waals surface area contributed by atoms with Crippen LogP contribution in [0.3, 0.4) is 0 Å². The summed E-state index contributed by atoms with van der Waals surface area (Å²) in [7, 11) is 0. The second-order valence-corrected chi connectivity index (χ2v) is 6.94. The van der Waals surface area contributed by atoms with Crippen molar-refractivity contribution in [3.05, 3.63) is 63.6 Å². The van der Waals surface area contributed by atoms with Gasteiger partial charge in [-0.3, -0.25) is 25.8 Å². The van der Waals surface area contributed by atoms with Gasteiger partial charge in [-0.05, 0) is 49.0 Å². The first-order valence-electron chi connectivity index (χ1n) is 8.51. The fourth-order valence-corrected chi connectivity index (χ4v) is 2.80. The molecule has 2 aromatic carbocycles. The molecule has 0 fully saturated rings. The van der Waals surface area contributed by atoms with Crippen LogP contribution >= 0.6 is 35.4 Å². The molecule has 0 aliphatic carbocycles. The van der Waals surface area contributed by atoms with Crippen molar-refractivity contribution in [2.45, 2.75) is 19.8 Å². The quantitative estimate of drug-likeness (QED) is 0.358. The normalized spacial score (nSPS) is 10.1. The molecular weight excluding hydrogens is 421 g/mol. The SMILES string of the molecule is CCCCOc1ccccc1C(=O)NC(=S)NNC(=O)c1ccc(Cl)cc1Cl. The average molecular weight is 440 g/mol. The van der Waals surface area contributed by atoms with Gasteiger partial charge in [0.1, 0.15) is 5.75 Å². The Balaban J connectivity index is 1.92. The summed E-state index contributed by atoms with van der Waals surface area (Å²) in [5.41, 5.74) is 5.38. The van der Waals surface area contributed by atoms with Crippen molar-refractivity contribution >= 4 is 52.3 Å². The van der Waals surface area contributed by atoms with Gasteiger partial charge in [-0.15, -0.1) is 0 Å². The Hall–Kier alpha value is -2.35. The number of unbranched alkanes of at least 4 members (excludes halogenated alkanes) is 1. The molecule has 28 heavy (non-hydrogen) atoms. The molecule has 0 heterocycles. The molecule has 0 bridgehead atoms. The van der Waals surface area contributed by atoms with E-state index in [0.717, 1.165) is 12.8 Å². The summed E-state index contributed by atoms with van der Waals surface area (Å²) >= 11 is 16.8. The van der Waals surface area contributed by atoms with E-state index in [4.69, 9.17) is 40.2 Å². The highest BCUT2D eigenvalue weighted by atomic mass is 35.5. The molecule has 0 saturated carbocycles. The van der Waals surface area contributed by atoms with Crippen molar-refractivity contribution in [3.8, 4) is 5.75 Å². The van der Waals surface area contributed by atoms with E-state index in [1.165, 1.54) is 18.2 Å². The molecule has 0 aliphatic rings. The Morgan fingerprint density at radius 1 is 1.04 bits per heavy atom. The van der Waals surface area contributed by atoms with Gasteiger partial charge in [-0.1, -0.05) is 48.7 Å². The zero-order valence-corrected chi connectivity index (χ0v) is 17.4. The Bertz CT molecular complexity index is 877. The Morgan fingerprint density at radius 2 is 1.79 bits per heavy atom. The smallest absolute Gasteiger partial charge is 0.271 e. The van der Waals surface area contributed by atoms with Crippen molar-refractivity contribution in [1.82, 2.24) is 16.2 Å². The minimum Gasteiger partial charge on any atom is -0.493 e. The van der Waals surface area contributed by atoms with E-state index in [-0.39, 0.29) is 15.7 Å². The molecule has 3 N–H and O–H groups in total. The van der Waals surface area contributed by atoms with Crippen molar-refractivity contribution in [2.75, 3.05) is 6.61 Å². The van der Waals surface area contributed by atoms with Crippen LogP contribution in [0.15, 0.2) is 42.5 Å². The van der Waals surface area contributed by atoms with Crippen LogP contribution in [0, 0.1) is 0 Å². The zero-order chi connectivity index (χ0) is 20.5. The third-order valence-corrected chi connectivity index (χ3v) is 4.33. The molecule has 6 nitrogen and oxygen atoms in total. The topological polar surface area (TPSA) is 79.5 Å². The summed E-state index contributed by atoms with van der Waals surface area (Å²) in [6.45, 7) is 2.57. The summed E-state index contributed by atoms with van der Waals surface area (Å²) in [5, 5.41) is 3.02. The largest absolute Gasteiger partial charge is 0.493 e. The lowest BCUT2D eigenvalue weighted by atomic mass is 10.2. The number of ether oxygens (including phenoxy) is 1. The van der Waals surface area contributed by atoms with Crippen LogP contribution in [0.4, 0.5) is 0 Å². The first-order chi connectivity index (χ1) is 13.4. The molecular formula is C19H19Cl2N3O3S. The molecule has 148 valence electrons. The Labute approximate surface area is 178 Å². The highest BCUT2D eigenvalue weighted by Gasteiger charge is 2.15. The van der Waals surface area contributed by atoms with Gasteiger partial charge in [-0.25, -0.2) is 0 Å². The van der Waals surface area contributed by atoms with E-state index in [1.54, 1.807) is 24.3 Å². The van der Waals surface area contributed by atoms with Crippen molar-refractivity contribution in [1.29, 1.82) is 0 Å². The minimum atomic E-state index is -0.526. The number of carbonyl (C=O) groups excluding carboxylic acids is 2. The van der Waals surface area contributed by atoms with Gasteiger partial charge in [0.2, 0.25) is 0 Å². The molecule has 0 atom stereocenters. The maximum absolute atomic E-state index is 12.4. The number of para-hydroxylation sites is 1. The number of thiocarbonyl (C=S) groups is 1. The lowest BCUT2D eigenvalue weighted by Crippen LogP contribution is -2.48. The summed E-state index contributed by atoms with van der Waals surface area (Å²) in [6, 6.07) is 11.3. The van der Waals surface area contributed by atoms with E-state index in [1.807, 2.05) is 0 Å². The predicted octanol–water partition coefficient (Wildman–Crippen LogP) is 4.12. The van der Waals surface area contributed by atoms with Gasteiger partial charge >= 0.3 is 0 Å². The van der Waals surface area contributed by atoms with Crippen molar-refractivity contribution in [3.63, 3.8) is 0 Å². The predicted molar refractivity (Wildman–Crippen MR) is 114 cm³/mol. The fraction of sp³-hybridized carbons (Fsp3) is 0.211. The molecule has 2 rings (SSSR count). The Kier molecular flexibility index (Phi) is 8.50. The first-order valence-corrected chi connectivity index (χ1v) is 9.67. The van der Waals surface area contributed by atoms with Crippen molar-refractivity contribution in [2.24, 2.45) is 0 Å². The molecule has 0 unspecified atom stereocenters. The first kappa shape index (κ1) is 21.9. The van der Waals surface area contributed by atoms with Crippen LogP contribution in [-0.4, -0.2) is 23.5 Å². The van der Waals surface area contributed by atoms with Gasteiger partial charge in [-0.2, -0.15) is 0 Å². The summed E-state index contributed by atoms with van der Waals surface area (Å²) in [5.74, 6) is -0.516. The number of halogens is 2. The third-order valence-electron chi connectivity index (χ3n) is 3.58. The van der Waals surface area contributed by atoms with Gasteiger partial charge in [0, 0.05) is 5.02 Å². The zero-order valence-electron chi connectivity index (χ0n) is 15.1. The molecule has 9 heteroatoms. The molecule has 0 radical (unpaired) electrons. The Morgan fingerprint density at radius 3 is 2.50 bits per heavy atom. The maximum Gasteiger partial charge on any atom is 0.271 e. The monoisotopic (exact) mass is 439 g/mol. The van der Waals surface area contributed by atoms with Crippen LogP contribution in [0.1, 0.15) is 40.5 Å². The van der Waals surface area contributed by atoms with E-state index in [2.05, 4.69) is 23.1 Å². The standard InChI is InChI=1S/C19H19Cl2N3O3S/c1-2-3-10-27-16-7-5-4-6-14(16)17(25)22-19(28)24-23-18(26)13-9-8-12(20)11-15(13)21/h4-9,11H,2-3,10H2,1H3,(H,23,26)(H2,22,24,25,28). The van der Waals surface area contributed by atoms with Gasteiger partial charge in [0.25, 0.3) is 11.8 Å². The van der Waals surface area contributed by atoms with Crippen LogP contribution < -0.4 is 20.9 Å². The lowest BCUT2D eigenvalue weighted by Gasteiger charge is -2.13. The molecule has 0 aliphatic heterocycles. The van der Waals surface area contributed by atoms with E-state index >= 15 is 0 Å². The number of hydrazine groups is 1. The highest BCUT2D eigenvalue weighted by Crippen LogP contribution is 2.20. The van der Waals surface area contributed by atoms with Crippen LogP contribution in [0.25, 0.3) is 0 Å². The third kappa shape index (κ3) is 6.37. The minimum absolute atomic E-state index is 0.0770. The number of nitrogens with one attached hydrogen (secondary N) is 3. The van der Waals surface area contributed by atoms with Gasteiger partial charge in [0.05, 0.1) is 22.8 Å². The molecule has 2 aromatic rings. The van der Waals surface area contributed by atoms with E-state index in [0.29, 0.717) is 22.9 Å². The summed E-state index contributed by atoms with van der Waals surface area (Å²) in [6.07, 6.45) is 1.87. The molecule has 0 saturated heterocycles. The highest BCUT2D eigenvalue weighted by molar-refractivity contribution is 7.80. The van der Waals surface area contributed by atoms with Crippen LogP contribution in [-0.2, 0) is 0 Å². The van der Waals surface area contributed by atoms with Crippen molar-refractivity contribution < 1.29 is 14.3 Å². The second kappa shape index (κ2) is 10.8. The van der Waals surface area contributed by atoms with Gasteiger partial charge < -0.3 is 4.74 Å². The number of carbonyl (C=O) groups is 2. The molecule has 2 amide bonds. The summed E-state index contributed by atoms with van der Waals surface area (Å²) in [4.78, 5) is 24.6. The molecule has 0 aromatic heterocycles. The van der Waals surface area contributed by atoms with E-state index < -0.39 is 11.8 Å². The average Bonchev–Trinajstić information content (AvgIpc) is 2.66. The number of hydrogen-bond donors (Lipinski definition) is 3. The van der Waals surface area contributed by atoms with Crippen LogP contribution in [0.2, 0.25) is 10.0 Å². The number of hydrogen-bond acceptors (Lipinski definition) is 4. The number of amides is 2.